The molecule has 1 unspecified atom stereocenters. The molecule has 0 saturated carbocycles. The molecule has 0 bridgehead atoms. The van der Waals surface area contributed by atoms with E-state index in [0.717, 1.165) is 0 Å². The van der Waals surface area contributed by atoms with Gasteiger partial charge in [-0.05, 0) is 35.4 Å². The minimum absolute atomic E-state index is 0.00894. The second-order valence-electron chi connectivity index (χ2n) is 5.85. The number of para-hydroxylation sites is 2. The van der Waals surface area contributed by atoms with Crippen LogP contribution in [-0.2, 0) is 4.79 Å². The Morgan fingerprint density at radius 3 is 2.84 bits per heavy atom. The number of carbonyl (C=O) groups is 1. The standard InChI is InChI=1S/C16H20N6O2S/c1-11(2)16(3,10-17)18-14(23)9-25-15-19-20-21-22(15)12-7-5-6-8-13(12)24-4/h5-8,11H,9H2,1-4H3,(H,18,23). The minimum atomic E-state index is -0.910. The summed E-state index contributed by atoms with van der Waals surface area (Å²) in [6.07, 6.45) is 0. The summed E-state index contributed by atoms with van der Waals surface area (Å²) in [5.41, 5.74) is -0.228. The van der Waals surface area contributed by atoms with Gasteiger partial charge in [-0.1, -0.05) is 37.7 Å². The number of benzene rings is 1. The lowest BCUT2D eigenvalue weighted by molar-refractivity contribution is -0.120. The number of nitrogens with one attached hydrogen (secondary N) is 1. The van der Waals surface area contributed by atoms with Crippen molar-refractivity contribution < 1.29 is 9.53 Å². The van der Waals surface area contributed by atoms with Crippen LogP contribution >= 0.6 is 11.8 Å². The van der Waals surface area contributed by atoms with E-state index in [4.69, 9.17) is 4.74 Å². The molecule has 1 heterocycles. The molecule has 132 valence electrons. The number of aromatic nitrogens is 4. The van der Waals surface area contributed by atoms with Gasteiger partial charge in [-0.3, -0.25) is 4.79 Å². The van der Waals surface area contributed by atoms with Crippen molar-refractivity contribution in [1.29, 1.82) is 5.26 Å². The number of hydrogen-bond donors (Lipinski definition) is 1. The molecule has 1 atom stereocenters. The van der Waals surface area contributed by atoms with Gasteiger partial charge in [-0.2, -0.15) is 9.94 Å². The molecule has 25 heavy (non-hydrogen) atoms. The van der Waals surface area contributed by atoms with Crippen LogP contribution in [0.4, 0.5) is 0 Å². The third-order valence-corrected chi connectivity index (χ3v) is 4.79. The van der Waals surface area contributed by atoms with Crippen molar-refractivity contribution in [1.82, 2.24) is 25.5 Å². The Morgan fingerprint density at radius 2 is 2.20 bits per heavy atom. The lowest BCUT2D eigenvalue weighted by Gasteiger charge is -2.27. The van der Waals surface area contributed by atoms with Gasteiger partial charge in [0.25, 0.3) is 0 Å². The van der Waals surface area contributed by atoms with Crippen molar-refractivity contribution in [3.63, 3.8) is 0 Å². The number of hydrogen-bond acceptors (Lipinski definition) is 7. The molecule has 0 saturated heterocycles. The molecule has 0 aliphatic heterocycles. The summed E-state index contributed by atoms with van der Waals surface area (Å²) < 4.78 is 6.83. The first-order chi connectivity index (χ1) is 11.9. The summed E-state index contributed by atoms with van der Waals surface area (Å²) in [4.78, 5) is 12.2. The van der Waals surface area contributed by atoms with E-state index >= 15 is 0 Å². The van der Waals surface area contributed by atoms with E-state index in [0.29, 0.717) is 16.6 Å². The van der Waals surface area contributed by atoms with Crippen LogP contribution in [0.2, 0.25) is 0 Å². The molecule has 2 rings (SSSR count). The van der Waals surface area contributed by atoms with Crippen LogP contribution in [0.15, 0.2) is 29.4 Å². The van der Waals surface area contributed by atoms with E-state index in [1.807, 2.05) is 32.0 Å². The number of nitriles is 1. The Hall–Kier alpha value is -2.60. The molecule has 0 spiro atoms. The van der Waals surface area contributed by atoms with E-state index in [1.54, 1.807) is 20.1 Å². The average molecular weight is 360 g/mol. The Kier molecular flexibility index (Phi) is 5.98. The number of carbonyl (C=O) groups excluding carboxylic acids is 1. The van der Waals surface area contributed by atoms with Crippen molar-refractivity contribution >= 4 is 17.7 Å². The number of amides is 1. The third-order valence-electron chi connectivity index (χ3n) is 3.87. The molecule has 1 amide bonds. The zero-order valence-electron chi connectivity index (χ0n) is 14.6. The van der Waals surface area contributed by atoms with Gasteiger partial charge in [0.05, 0.1) is 18.9 Å². The molecular formula is C16H20N6O2S. The first-order valence-corrected chi connectivity index (χ1v) is 8.66. The van der Waals surface area contributed by atoms with E-state index in [9.17, 15) is 10.1 Å². The highest BCUT2D eigenvalue weighted by Crippen LogP contribution is 2.25. The fourth-order valence-corrected chi connectivity index (χ4v) is 2.67. The zero-order valence-corrected chi connectivity index (χ0v) is 15.4. The maximum absolute atomic E-state index is 12.2. The van der Waals surface area contributed by atoms with Gasteiger partial charge in [0.2, 0.25) is 11.1 Å². The van der Waals surface area contributed by atoms with Crippen LogP contribution in [0, 0.1) is 17.2 Å². The lowest BCUT2D eigenvalue weighted by atomic mass is 9.90. The minimum Gasteiger partial charge on any atom is -0.494 e. The fraction of sp³-hybridized carbons (Fsp3) is 0.438. The first-order valence-electron chi connectivity index (χ1n) is 7.68. The average Bonchev–Trinajstić information content (AvgIpc) is 3.08. The molecule has 0 radical (unpaired) electrons. The summed E-state index contributed by atoms with van der Waals surface area (Å²) in [7, 11) is 1.57. The molecule has 0 fully saturated rings. The van der Waals surface area contributed by atoms with E-state index < -0.39 is 5.54 Å². The zero-order chi connectivity index (χ0) is 18.4. The maximum Gasteiger partial charge on any atom is 0.231 e. The number of nitrogens with zero attached hydrogens (tertiary/aromatic N) is 5. The fourth-order valence-electron chi connectivity index (χ4n) is 1.98. The van der Waals surface area contributed by atoms with Gasteiger partial charge in [-0.15, -0.1) is 5.10 Å². The quantitative estimate of drug-likeness (QED) is 0.751. The van der Waals surface area contributed by atoms with Crippen molar-refractivity contribution in [3.05, 3.63) is 24.3 Å². The molecule has 0 aliphatic rings. The number of thioether (sulfide) groups is 1. The number of methoxy groups -OCH3 is 1. The van der Waals surface area contributed by atoms with E-state index in [1.165, 1.54) is 16.4 Å². The van der Waals surface area contributed by atoms with Crippen LogP contribution in [0.3, 0.4) is 0 Å². The topological polar surface area (TPSA) is 106 Å². The van der Waals surface area contributed by atoms with Gasteiger partial charge >= 0.3 is 0 Å². The Labute approximate surface area is 150 Å². The molecule has 1 aromatic heterocycles. The summed E-state index contributed by atoms with van der Waals surface area (Å²) in [6.45, 7) is 5.48. The molecule has 1 N–H and O–H groups in total. The Balaban J connectivity index is 2.10. The van der Waals surface area contributed by atoms with Gasteiger partial charge in [0, 0.05) is 0 Å². The van der Waals surface area contributed by atoms with Crippen LogP contribution < -0.4 is 10.1 Å². The SMILES string of the molecule is COc1ccccc1-n1nnnc1SCC(=O)NC(C)(C#N)C(C)C. The predicted octanol–water partition coefficient (Wildman–Crippen LogP) is 1.82. The summed E-state index contributed by atoms with van der Waals surface area (Å²) in [5.74, 6) is 0.458. The summed E-state index contributed by atoms with van der Waals surface area (Å²) in [6, 6.07) is 9.48. The predicted molar refractivity (Wildman–Crippen MR) is 93.4 cm³/mol. The summed E-state index contributed by atoms with van der Waals surface area (Å²) >= 11 is 1.19. The molecule has 1 aromatic carbocycles. The van der Waals surface area contributed by atoms with Crippen molar-refractivity contribution in [3.8, 4) is 17.5 Å². The third kappa shape index (κ3) is 4.28. The lowest BCUT2D eigenvalue weighted by Crippen LogP contribution is -2.49. The second kappa shape index (κ2) is 7.98. The van der Waals surface area contributed by atoms with E-state index in [2.05, 4.69) is 26.9 Å². The van der Waals surface area contributed by atoms with Gasteiger partial charge in [0.15, 0.2) is 0 Å². The molecule has 9 heteroatoms. The Bertz CT molecular complexity index is 785. The monoisotopic (exact) mass is 360 g/mol. The van der Waals surface area contributed by atoms with Crippen LogP contribution in [0.1, 0.15) is 20.8 Å². The smallest absolute Gasteiger partial charge is 0.231 e. The largest absolute Gasteiger partial charge is 0.494 e. The molecule has 0 aliphatic carbocycles. The number of rotatable bonds is 7. The molecular weight excluding hydrogens is 340 g/mol. The normalized spacial score (nSPS) is 13.1. The van der Waals surface area contributed by atoms with Gasteiger partial charge < -0.3 is 10.1 Å². The Morgan fingerprint density at radius 1 is 1.48 bits per heavy atom. The van der Waals surface area contributed by atoms with Crippen molar-refractivity contribution in [2.45, 2.75) is 31.5 Å². The van der Waals surface area contributed by atoms with Crippen molar-refractivity contribution in [2.24, 2.45) is 5.92 Å². The highest BCUT2D eigenvalue weighted by Gasteiger charge is 2.30. The van der Waals surface area contributed by atoms with Crippen molar-refractivity contribution in [2.75, 3.05) is 12.9 Å². The number of tetrazole rings is 1. The summed E-state index contributed by atoms with van der Waals surface area (Å²) in [5, 5.41) is 24.1. The van der Waals surface area contributed by atoms with Gasteiger partial charge in [-0.25, -0.2) is 0 Å². The highest BCUT2D eigenvalue weighted by molar-refractivity contribution is 7.99. The van der Waals surface area contributed by atoms with Gasteiger partial charge in [0.1, 0.15) is 17.0 Å². The number of ether oxygens (including phenoxy) is 1. The van der Waals surface area contributed by atoms with Crippen LogP contribution in [-0.4, -0.2) is 44.5 Å². The molecule has 2 aromatic rings. The van der Waals surface area contributed by atoms with Crippen LogP contribution in [0.5, 0.6) is 5.75 Å². The highest BCUT2D eigenvalue weighted by atomic mass is 32.2. The first kappa shape index (κ1) is 18.7. The second-order valence-corrected chi connectivity index (χ2v) is 6.79. The van der Waals surface area contributed by atoms with E-state index in [-0.39, 0.29) is 17.6 Å². The van der Waals surface area contributed by atoms with Crippen LogP contribution in [0.25, 0.3) is 5.69 Å². The molecule has 8 nitrogen and oxygen atoms in total. The maximum atomic E-state index is 12.2.